The summed E-state index contributed by atoms with van der Waals surface area (Å²) < 4.78 is 0. The van der Waals surface area contributed by atoms with Gasteiger partial charge in [0, 0.05) is 30.3 Å². The minimum Gasteiger partial charge on any atom is -0.311 e. The van der Waals surface area contributed by atoms with Gasteiger partial charge in [-0.1, -0.05) is 13.0 Å². The maximum absolute atomic E-state index is 11.6. The summed E-state index contributed by atoms with van der Waals surface area (Å²) in [6.45, 7) is 1.79. The van der Waals surface area contributed by atoms with Crippen LogP contribution >= 0.6 is 11.3 Å². The summed E-state index contributed by atoms with van der Waals surface area (Å²) in [4.78, 5) is 29.0. The van der Waals surface area contributed by atoms with Crippen molar-refractivity contribution in [1.29, 1.82) is 0 Å². The van der Waals surface area contributed by atoms with E-state index >= 15 is 0 Å². The molecule has 0 bridgehead atoms. The molecule has 0 saturated heterocycles. The average Bonchev–Trinajstić information content (AvgIpc) is 3.10. The smallest absolute Gasteiger partial charge is 0.225 e. The normalized spacial score (nSPS) is 10.4. The Kier molecular flexibility index (Phi) is 4.15. The van der Waals surface area contributed by atoms with Gasteiger partial charge >= 0.3 is 0 Å². The number of hydrogen-bond donors (Lipinski definition) is 1. The number of rotatable bonds is 4. The predicted molar refractivity (Wildman–Crippen MR) is 85.3 cm³/mol. The first-order valence-electron chi connectivity index (χ1n) is 6.76. The SMILES string of the molecule is CCC(=O)Nc1cc(-c2nccs2)nc(-c2ccccn2)n1. The molecule has 0 atom stereocenters. The molecule has 6 nitrogen and oxygen atoms in total. The van der Waals surface area contributed by atoms with Gasteiger partial charge in [-0.3, -0.25) is 9.78 Å². The molecule has 0 spiro atoms. The van der Waals surface area contributed by atoms with E-state index in [-0.39, 0.29) is 5.91 Å². The van der Waals surface area contributed by atoms with Gasteiger partial charge in [-0.25, -0.2) is 15.0 Å². The number of nitrogens with zero attached hydrogens (tertiary/aromatic N) is 4. The topological polar surface area (TPSA) is 80.7 Å². The van der Waals surface area contributed by atoms with Crippen LogP contribution in [0, 0.1) is 0 Å². The molecule has 0 saturated carbocycles. The van der Waals surface area contributed by atoms with Gasteiger partial charge in [0.1, 0.15) is 22.2 Å². The number of thiazole rings is 1. The van der Waals surface area contributed by atoms with E-state index in [0.717, 1.165) is 5.01 Å². The van der Waals surface area contributed by atoms with Crippen molar-refractivity contribution in [2.75, 3.05) is 5.32 Å². The lowest BCUT2D eigenvalue weighted by molar-refractivity contribution is -0.115. The molecule has 1 amide bonds. The lowest BCUT2D eigenvalue weighted by Gasteiger charge is -2.07. The standard InChI is InChI=1S/C15H13N5OS/c1-2-13(21)19-12-9-11(15-17-7-8-22-15)18-14(20-12)10-5-3-4-6-16-10/h3-9H,2H2,1H3,(H,18,19,20,21). The first-order chi connectivity index (χ1) is 10.8. The van der Waals surface area contributed by atoms with Crippen molar-refractivity contribution < 1.29 is 4.79 Å². The van der Waals surface area contributed by atoms with E-state index in [0.29, 0.717) is 29.5 Å². The molecule has 0 fully saturated rings. The van der Waals surface area contributed by atoms with E-state index in [2.05, 4.69) is 25.3 Å². The summed E-state index contributed by atoms with van der Waals surface area (Å²) in [5.41, 5.74) is 1.31. The number of hydrogen-bond acceptors (Lipinski definition) is 6. The van der Waals surface area contributed by atoms with E-state index in [4.69, 9.17) is 0 Å². The van der Waals surface area contributed by atoms with Gasteiger partial charge in [0.2, 0.25) is 5.91 Å². The minimum absolute atomic E-state index is 0.101. The van der Waals surface area contributed by atoms with Crippen LogP contribution in [-0.4, -0.2) is 25.8 Å². The predicted octanol–water partition coefficient (Wildman–Crippen LogP) is 3.01. The molecule has 3 aromatic heterocycles. The monoisotopic (exact) mass is 311 g/mol. The quantitative estimate of drug-likeness (QED) is 0.801. The number of carbonyl (C=O) groups is 1. The number of aromatic nitrogens is 4. The van der Waals surface area contributed by atoms with Gasteiger partial charge in [0.25, 0.3) is 0 Å². The molecule has 1 N–H and O–H groups in total. The average molecular weight is 311 g/mol. The van der Waals surface area contributed by atoms with Crippen LogP contribution in [0.2, 0.25) is 0 Å². The van der Waals surface area contributed by atoms with Crippen molar-refractivity contribution in [2.24, 2.45) is 0 Å². The molecule has 22 heavy (non-hydrogen) atoms. The van der Waals surface area contributed by atoms with E-state index in [9.17, 15) is 4.79 Å². The van der Waals surface area contributed by atoms with Gasteiger partial charge in [0.05, 0.1) is 0 Å². The number of pyridine rings is 1. The first kappa shape index (κ1) is 14.3. The molecule has 0 aliphatic rings. The lowest BCUT2D eigenvalue weighted by atomic mass is 10.3. The van der Waals surface area contributed by atoms with Gasteiger partial charge in [-0.15, -0.1) is 11.3 Å². The summed E-state index contributed by atoms with van der Waals surface area (Å²) in [5.74, 6) is 0.808. The van der Waals surface area contributed by atoms with Crippen LogP contribution < -0.4 is 5.32 Å². The summed E-state index contributed by atoms with van der Waals surface area (Å²) in [6.07, 6.45) is 3.78. The fourth-order valence-electron chi connectivity index (χ4n) is 1.81. The van der Waals surface area contributed by atoms with Crippen molar-refractivity contribution in [1.82, 2.24) is 19.9 Å². The summed E-state index contributed by atoms with van der Waals surface area (Å²) in [5, 5.41) is 5.41. The Labute approximate surface area is 131 Å². The molecular formula is C15H13N5OS. The van der Waals surface area contributed by atoms with E-state index in [1.807, 2.05) is 23.6 Å². The molecule has 7 heteroatoms. The second-order valence-corrected chi connectivity index (χ2v) is 5.31. The van der Waals surface area contributed by atoms with Gasteiger partial charge in [-0.05, 0) is 12.1 Å². The lowest BCUT2D eigenvalue weighted by Crippen LogP contribution is -2.12. The third-order valence-electron chi connectivity index (χ3n) is 2.86. The Morgan fingerprint density at radius 1 is 1.18 bits per heavy atom. The second-order valence-electron chi connectivity index (χ2n) is 4.42. The highest BCUT2D eigenvalue weighted by Crippen LogP contribution is 2.24. The zero-order valence-corrected chi connectivity index (χ0v) is 12.7. The second kappa shape index (κ2) is 6.40. The van der Waals surface area contributed by atoms with E-state index < -0.39 is 0 Å². The van der Waals surface area contributed by atoms with Gasteiger partial charge in [-0.2, -0.15) is 0 Å². The van der Waals surface area contributed by atoms with Crippen LogP contribution in [0.15, 0.2) is 42.0 Å². The van der Waals surface area contributed by atoms with Gasteiger partial charge < -0.3 is 5.32 Å². The third kappa shape index (κ3) is 3.15. The van der Waals surface area contributed by atoms with Crippen LogP contribution in [0.3, 0.4) is 0 Å². The molecule has 0 radical (unpaired) electrons. The Morgan fingerprint density at radius 2 is 2.09 bits per heavy atom. The van der Waals surface area contributed by atoms with Crippen LogP contribution in [-0.2, 0) is 4.79 Å². The summed E-state index contributed by atoms with van der Waals surface area (Å²) >= 11 is 1.48. The number of anilines is 1. The molecule has 0 aliphatic heterocycles. The fourth-order valence-corrected chi connectivity index (χ4v) is 2.41. The molecule has 0 unspecified atom stereocenters. The van der Waals surface area contributed by atoms with Crippen molar-refractivity contribution in [2.45, 2.75) is 13.3 Å². The Balaban J connectivity index is 2.07. The third-order valence-corrected chi connectivity index (χ3v) is 3.66. The largest absolute Gasteiger partial charge is 0.311 e. The van der Waals surface area contributed by atoms with Crippen molar-refractivity contribution in [3.63, 3.8) is 0 Å². The molecule has 3 heterocycles. The summed E-state index contributed by atoms with van der Waals surface area (Å²) in [6, 6.07) is 7.24. The van der Waals surface area contributed by atoms with E-state index in [1.54, 1.807) is 25.4 Å². The Morgan fingerprint density at radius 3 is 2.77 bits per heavy atom. The van der Waals surface area contributed by atoms with Crippen LogP contribution in [0.5, 0.6) is 0 Å². The minimum atomic E-state index is -0.101. The number of carbonyl (C=O) groups excluding carboxylic acids is 1. The van der Waals surface area contributed by atoms with E-state index in [1.165, 1.54) is 11.3 Å². The maximum Gasteiger partial charge on any atom is 0.225 e. The molecule has 3 rings (SSSR count). The summed E-state index contributed by atoms with van der Waals surface area (Å²) in [7, 11) is 0. The number of nitrogens with one attached hydrogen (secondary N) is 1. The zero-order valence-electron chi connectivity index (χ0n) is 11.9. The highest BCUT2D eigenvalue weighted by Gasteiger charge is 2.12. The molecule has 3 aromatic rings. The Bertz CT molecular complexity index is 774. The van der Waals surface area contributed by atoms with Crippen molar-refractivity contribution in [3.8, 4) is 22.2 Å². The number of amides is 1. The zero-order chi connectivity index (χ0) is 15.4. The highest BCUT2D eigenvalue weighted by molar-refractivity contribution is 7.13. The van der Waals surface area contributed by atoms with Crippen molar-refractivity contribution in [3.05, 3.63) is 42.0 Å². The molecule has 0 aromatic carbocycles. The van der Waals surface area contributed by atoms with Crippen molar-refractivity contribution >= 4 is 23.1 Å². The first-order valence-corrected chi connectivity index (χ1v) is 7.64. The van der Waals surface area contributed by atoms with Crippen LogP contribution in [0.1, 0.15) is 13.3 Å². The molecule has 110 valence electrons. The highest BCUT2D eigenvalue weighted by atomic mass is 32.1. The van der Waals surface area contributed by atoms with Crippen LogP contribution in [0.4, 0.5) is 5.82 Å². The molecule has 0 aliphatic carbocycles. The van der Waals surface area contributed by atoms with Crippen LogP contribution in [0.25, 0.3) is 22.2 Å². The fraction of sp³-hybridized carbons (Fsp3) is 0.133. The molecular weight excluding hydrogens is 298 g/mol. The van der Waals surface area contributed by atoms with Gasteiger partial charge in [0.15, 0.2) is 5.82 Å². The maximum atomic E-state index is 11.6. The Hall–Kier alpha value is -2.67.